The highest BCUT2D eigenvalue weighted by Gasteiger charge is 2.19. The van der Waals surface area contributed by atoms with Crippen LogP contribution in [0.3, 0.4) is 0 Å². The zero-order valence-electron chi connectivity index (χ0n) is 14.7. The number of nitrogens with zero attached hydrogens (tertiary/aromatic N) is 1. The van der Waals surface area contributed by atoms with E-state index in [1.54, 1.807) is 0 Å². The van der Waals surface area contributed by atoms with E-state index in [0.717, 1.165) is 25.2 Å². The minimum atomic E-state index is -0.768. The number of piperidine rings is 1. The lowest BCUT2D eigenvalue weighted by Gasteiger charge is -2.34. The van der Waals surface area contributed by atoms with Crippen LogP contribution in [-0.4, -0.2) is 24.2 Å². The normalized spacial score (nSPS) is 16.4. The van der Waals surface area contributed by atoms with Crippen LogP contribution < -0.4 is 10.2 Å². The number of anilines is 1. The molecule has 0 unspecified atom stereocenters. The van der Waals surface area contributed by atoms with Crippen molar-refractivity contribution in [3.63, 3.8) is 0 Å². The minimum Gasteiger partial charge on any atom is -0.386 e. The average molecular weight is 324 g/mol. The third-order valence-corrected chi connectivity index (χ3v) is 4.87. The monoisotopic (exact) mass is 324 g/mol. The molecule has 0 bridgehead atoms. The second kappa shape index (κ2) is 7.37. The molecule has 3 rings (SSSR count). The van der Waals surface area contributed by atoms with Gasteiger partial charge in [-0.3, -0.25) is 0 Å². The smallest absolute Gasteiger partial charge is 0.0840 e. The second-order valence-corrected chi connectivity index (χ2v) is 7.23. The number of hydrogen-bond donors (Lipinski definition) is 2. The maximum absolute atomic E-state index is 10.0. The van der Waals surface area contributed by atoms with E-state index >= 15 is 0 Å². The number of benzene rings is 2. The van der Waals surface area contributed by atoms with Crippen molar-refractivity contribution in [1.82, 2.24) is 5.32 Å². The Morgan fingerprint density at radius 3 is 2.21 bits per heavy atom. The fraction of sp³-hybridized carbons (Fsp3) is 0.429. The van der Waals surface area contributed by atoms with Crippen molar-refractivity contribution in [3.05, 3.63) is 65.7 Å². The Kier molecular flexibility index (Phi) is 5.22. The van der Waals surface area contributed by atoms with Gasteiger partial charge in [-0.05, 0) is 49.9 Å². The predicted octanol–water partition coefficient (Wildman–Crippen LogP) is 3.67. The van der Waals surface area contributed by atoms with Crippen molar-refractivity contribution >= 4 is 5.69 Å². The third-order valence-electron chi connectivity index (χ3n) is 4.87. The van der Waals surface area contributed by atoms with Crippen LogP contribution in [-0.2, 0) is 12.1 Å². The first-order chi connectivity index (χ1) is 11.5. The second-order valence-electron chi connectivity index (χ2n) is 7.23. The molecular weight excluding hydrogens is 296 g/mol. The average Bonchev–Trinajstić information content (AvgIpc) is 2.61. The van der Waals surface area contributed by atoms with E-state index in [0.29, 0.717) is 6.04 Å². The van der Waals surface area contributed by atoms with Gasteiger partial charge in [0.15, 0.2) is 0 Å². The van der Waals surface area contributed by atoms with Crippen molar-refractivity contribution < 1.29 is 5.11 Å². The molecule has 0 amide bonds. The van der Waals surface area contributed by atoms with E-state index in [9.17, 15) is 5.11 Å². The summed E-state index contributed by atoms with van der Waals surface area (Å²) in [5, 5.41) is 13.7. The Bertz CT molecular complexity index is 623. The topological polar surface area (TPSA) is 35.5 Å². The van der Waals surface area contributed by atoms with Gasteiger partial charge in [-0.1, -0.05) is 42.5 Å². The highest BCUT2D eigenvalue weighted by atomic mass is 16.3. The third kappa shape index (κ3) is 4.37. The zero-order valence-corrected chi connectivity index (χ0v) is 14.7. The van der Waals surface area contributed by atoms with Gasteiger partial charge in [0, 0.05) is 31.4 Å². The first-order valence-corrected chi connectivity index (χ1v) is 8.87. The van der Waals surface area contributed by atoms with Gasteiger partial charge in [-0.15, -0.1) is 0 Å². The number of nitrogens with one attached hydrogen (secondary N) is 1. The van der Waals surface area contributed by atoms with E-state index in [4.69, 9.17) is 0 Å². The fourth-order valence-corrected chi connectivity index (χ4v) is 3.27. The highest BCUT2D eigenvalue weighted by molar-refractivity contribution is 5.46. The molecule has 0 spiro atoms. The molecule has 2 aromatic carbocycles. The maximum atomic E-state index is 10.0. The van der Waals surface area contributed by atoms with Crippen molar-refractivity contribution in [2.75, 3.05) is 18.0 Å². The first-order valence-electron chi connectivity index (χ1n) is 8.87. The molecule has 0 radical (unpaired) electrons. The molecular formula is C21H28N2O. The standard InChI is InChI=1S/C21H28N2O/c1-21(2,24)18-10-8-17(9-11-18)16-22-19-12-14-23(15-13-19)20-6-4-3-5-7-20/h3-11,19,22,24H,12-16H2,1-2H3. The number of aliphatic hydroxyl groups is 1. The Morgan fingerprint density at radius 1 is 1.00 bits per heavy atom. The van der Waals surface area contributed by atoms with Gasteiger partial charge in [0.05, 0.1) is 5.60 Å². The lowest BCUT2D eigenvalue weighted by molar-refractivity contribution is 0.0786. The van der Waals surface area contributed by atoms with E-state index in [1.807, 2.05) is 26.0 Å². The highest BCUT2D eigenvalue weighted by Crippen LogP contribution is 2.21. The van der Waals surface area contributed by atoms with Crippen LogP contribution in [0.1, 0.15) is 37.8 Å². The summed E-state index contributed by atoms with van der Waals surface area (Å²) >= 11 is 0. The molecule has 0 atom stereocenters. The summed E-state index contributed by atoms with van der Waals surface area (Å²) in [6, 6.07) is 19.5. The molecule has 1 aliphatic rings. The zero-order chi connectivity index (χ0) is 17.0. The van der Waals surface area contributed by atoms with Crippen LogP contribution in [0, 0.1) is 0 Å². The fourth-order valence-electron chi connectivity index (χ4n) is 3.27. The molecule has 2 aromatic rings. The van der Waals surface area contributed by atoms with Crippen molar-refractivity contribution in [2.45, 2.75) is 44.9 Å². The largest absolute Gasteiger partial charge is 0.386 e. The van der Waals surface area contributed by atoms with E-state index in [1.165, 1.54) is 24.1 Å². The van der Waals surface area contributed by atoms with Crippen molar-refractivity contribution in [1.29, 1.82) is 0 Å². The molecule has 2 N–H and O–H groups in total. The summed E-state index contributed by atoms with van der Waals surface area (Å²) in [6.07, 6.45) is 2.35. The molecule has 128 valence electrons. The number of rotatable bonds is 5. The van der Waals surface area contributed by atoms with Gasteiger partial charge in [-0.25, -0.2) is 0 Å². The van der Waals surface area contributed by atoms with Crippen LogP contribution in [0.5, 0.6) is 0 Å². The molecule has 0 aromatic heterocycles. The molecule has 3 heteroatoms. The van der Waals surface area contributed by atoms with Gasteiger partial charge in [0.2, 0.25) is 0 Å². The molecule has 0 saturated carbocycles. The Labute approximate surface area is 145 Å². The van der Waals surface area contributed by atoms with E-state index in [-0.39, 0.29) is 0 Å². The molecule has 1 saturated heterocycles. The molecule has 1 heterocycles. The lowest BCUT2D eigenvalue weighted by atomic mass is 9.97. The van der Waals surface area contributed by atoms with E-state index in [2.05, 4.69) is 52.7 Å². The molecule has 1 aliphatic heterocycles. The predicted molar refractivity (Wildman–Crippen MR) is 100 cm³/mol. The van der Waals surface area contributed by atoms with Crippen LogP contribution in [0.4, 0.5) is 5.69 Å². The lowest BCUT2D eigenvalue weighted by Crippen LogP contribution is -2.42. The van der Waals surface area contributed by atoms with Crippen LogP contribution >= 0.6 is 0 Å². The van der Waals surface area contributed by atoms with Gasteiger partial charge in [-0.2, -0.15) is 0 Å². The SMILES string of the molecule is CC(C)(O)c1ccc(CNC2CCN(c3ccccc3)CC2)cc1. The number of para-hydroxylation sites is 1. The number of hydrogen-bond acceptors (Lipinski definition) is 3. The Balaban J connectivity index is 1.47. The maximum Gasteiger partial charge on any atom is 0.0840 e. The van der Waals surface area contributed by atoms with Gasteiger partial charge in [0.25, 0.3) is 0 Å². The molecule has 0 aliphatic carbocycles. The molecule has 24 heavy (non-hydrogen) atoms. The summed E-state index contributed by atoms with van der Waals surface area (Å²) < 4.78 is 0. The van der Waals surface area contributed by atoms with Crippen LogP contribution in [0.2, 0.25) is 0 Å². The van der Waals surface area contributed by atoms with Crippen molar-refractivity contribution in [3.8, 4) is 0 Å². The Morgan fingerprint density at radius 2 is 1.62 bits per heavy atom. The van der Waals surface area contributed by atoms with Gasteiger partial charge < -0.3 is 15.3 Å². The molecule has 3 nitrogen and oxygen atoms in total. The summed E-state index contributed by atoms with van der Waals surface area (Å²) in [6.45, 7) is 6.75. The molecule has 1 fully saturated rings. The van der Waals surface area contributed by atoms with Gasteiger partial charge in [0.1, 0.15) is 0 Å². The summed E-state index contributed by atoms with van der Waals surface area (Å²) in [5.74, 6) is 0. The Hall–Kier alpha value is -1.84. The minimum absolute atomic E-state index is 0.582. The summed E-state index contributed by atoms with van der Waals surface area (Å²) in [7, 11) is 0. The van der Waals surface area contributed by atoms with E-state index < -0.39 is 5.60 Å². The summed E-state index contributed by atoms with van der Waals surface area (Å²) in [5.41, 5.74) is 2.80. The van der Waals surface area contributed by atoms with Crippen LogP contribution in [0.25, 0.3) is 0 Å². The first kappa shape index (κ1) is 17.0. The summed E-state index contributed by atoms with van der Waals surface area (Å²) in [4.78, 5) is 2.47. The van der Waals surface area contributed by atoms with Crippen LogP contribution in [0.15, 0.2) is 54.6 Å². The van der Waals surface area contributed by atoms with Crippen molar-refractivity contribution in [2.24, 2.45) is 0 Å². The quantitative estimate of drug-likeness (QED) is 0.881. The van der Waals surface area contributed by atoms with Gasteiger partial charge >= 0.3 is 0 Å².